The summed E-state index contributed by atoms with van der Waals surface area (Å²) in [7, 11) is 1.98. The van der Waals surface area contributed by atoms with Crippen molar-refractivity contribution >= 4 is 46.5 Å². The molecule has 13 nitrogen and oxygen atoms in total. The Morgan fingerprint density at radius 2 is 2.08 bits per heavy atom. The highest BCUT2D eigenvalue weighted by Crippen LogP contribution is 2.37. The molecule has 2 fully saturated rings. The second-order valence-corrected chi connectivity index (χ2v) is 10.1. The number of rotatable bonds is 8. The summed E-state index contributed by atoms with van der Waals surface area (Å²) in [5.41, 5.74) is 2.21. The van der Waals surface area contributed by atoms with Crippen molar-refractivity contribution in [2.45, 2.75) is 31.8 Å². The summed E-state index contributed by atoms with van der Waals surface area (Å²) in [6.07, 6.45) is 2.54. The van der Waals surface area contributed by atoms with Crippen molar-refractivity contribution in [3.63, 3.8) is 0 Å². The molecule has 2 aliphatic rings. The van der Waals surface area contributed by atoms with Crippen LogP contribution in [0.25, 0.3) is 5.65 Å². The zero-order valence-corrected chi connectivity index (χ0v) is 22.4. The lowest BCUT2D eigenvalue weighted by molar-refractivity contribution is 0.120. The van der Waals surface area contributed by atoms with E-state index in [9.17, 15) is 20.4 Å². The molecular formula is C25H28ClN11O2. The maximum Gasteiger partial charge on any atom is 0.407 e. The Kier molecular flexibility index (Phi) is 7.28. The first-order chi connectivity index (χ1) is 18.8. The first-order valence-corrected chi connectivity index (χ1v) is 13.0. The number of likely N-dealkylation sites (N-methyl/N-ethyl adjacent to an activating group) is 2. The summed E-state index contributed by atoms with van der Waals surface area (Å²) >= 11 is 6.90. The summed E-state index contributed by atoms with van der Waals surface area (Å²) in [6, 6.07) is 7.88. The summed E-state index contributed by atoms with van der Waals surface area (Å²) in [4.78, 5) is 26.1. The molecule has 1 saturated heterocycles. The van der Waals surface area contributed by atoms with Crippen LogP contribution in [-0.2, 0) is 0 Å². The summed E-state index contributed by atoms with van der Waals surface area (Å²) in [5, 5.41) is 40.1. The van der Waals surface area contributed by atoms with Crippen LogP contribution in [0.2, 0.25) is 5.02 Å². The molecule has 5 rings (SSSR count). The molecule has 1 aromatic carbocycles. The first-order valence-electron chi connectivity index (χ1n) is 12.7. The van der Waals surface area contributed by atoms with Crippen LogP contribution in [0.3, 0.4) is 0 Å². The van der Waals surface area contributed by atoms with E-state index in [0.717, 1.165) is 12.8 Å². The van der Waals surface area contributed by atoms with Gasteiger partial charge in [-0.3, -0.25) is 4.90 Å². The second kappa shape index (κ2) is 10.8. The molecule has 14 heteroatoms. The number of nitriles is 2. The average molecular weight is 550 g/mol. The number of amides is 1. The van der Waals surface area contributed by atoms with Crippen molar-refractivity contribution in [3.8, 4) is 12.1 Å². The van der Waals surface area contributed by atoms with Crippen LogP contribution in [0.1, 0.15) is 31.0 Å². The van der Waals surface area contributed by atoms with Crippen LogP contribution in [0.15, 0.2) is 18.3 Å². The number of anilines is 4. The average Bonchev–Trinajstić information content (AvgIpc) is 3.64. The van der Waals surface area contributed by atoms with Crippen molar-refractivity contribution in [3.05, 3.63) is 34.6 Å². The predicted octanol–water partition coefficient (Wildman–Crippen LogP) is 2.96. The van der Waals surface area contributed by atoms with Gasteiger partial charge < -0.3 is 25.5 Å². The number of carboxylic acid groups (broad SMARTS) is 1. The third kappa shape index (κ3) is 5.46. The minimum Gasteiger partial charge on any atom is -0.465 e. The molecule has 1 unspecified atom stereocenters. The van der Waals surface area contributed by atoms with Gasteiger partial charge in [0.2, 0.25) is 5.95 Å². The van der Waals surface area contributed by atoms with Gasteiger partial charge in [0, 0.05) is 44.8 Å². The van der Waals surface area contributed by atoms with Gasteiger partial charge in [-0.05, 0) is 38.9 Å². The number of benzene rings is 1. The number of nitrogens with zero attached hydrogens (tertiary/aromatic N) is 9. The van der Waals surface area contributed by atoms with E-state index in [1.807, 2.05) is 14.0 Å². The molecule has 1 aliphatic carbocycles. The van der Waals surface area contributed by atoms with E-state index < -0.39 is 6.09 Å². The van der Waals surface area contributed by atoms with Crippen LogP contribution in [0.5, 0.6) is 0 Å². The van der Waals surface area contributed by atoms with Crippen molar-refractivity contribution in [2.24, 2.45) is 0 Å². The molecule has 3 aromatic rings. The molecule has 1 atom stereocenters. The SMILES string of the molecule is CCN(CC1CN(c2cc(C#N)cc(Nc3nc(NC4CC4)c4ncc(C#N)n4n3)c2Cl)CCN1C)C(=O)O. The number of hydrogen-bond acceptors (Lipinski definition) is 10. The Morgan fingerprint density at radius 1 is 1.28 bits per heavy atom. The smallest absolute Gasteiger partial charge is 0.407 e. The van der Waals surface area contributed by atoms with Gasteiger partial charge in [-0.2, -0.15) is 20.0 Å². The monoisotopic (exact) mass is 549 g/mol. The zero-order valence-electron chi connectivity index (χ0n) is 21.6. The number of fused-ring (bicyclic) bond motifs is 1. The third-order valence-corrected chi connectivity index (χ3v) is 7.42. The van der Waals surface area contributed by atoms with Crippen LogP contribution in [-0.4, -0.2) is 92.4 Å². The Bertz CT molecular complexity index is 1490. The summed E-state index contributed by atoms with van der Waals surface area (Å²) in [5.74, 6) is 0.699. The highest BCUT2D eigenvalue weighted by molar-refractivity contribution is 6.36. The standard InChI is InChI=1S/C25H28ClN11O2/c1-3-35(25(38)39)13-18-14-36(7-6-34(18)2)20-9-15(10-27)8-19(21(20)26)31-24-32-22(30-16-4-5-16)23-29-12-17(11-28)37(23)33-24/h8-9,12,16,18H,3-7,13-14H2,1-2H3,(H,38,39)(H2,30,31,32,33). The summed E-state index contributed by atoms with van der Waals surface area (Å²) in [6.45, 7) is 4.45. The van der Waals surface area contributed by atoms with Gasteiger partial charge in [0.1, 0.15) is 6.07 Å². The summed E-state index contributed by atoms with van der Waals surface area (Å²) < 4.78 is 1.43. The Labute approximate surface area is 230 Å². The van der Waals surface area contributed by atoms with Crippen molar-refractivity contribution in [2.75, 3.05) is 55.3 Å². The largest absolute Gasteiger partial charge is 0.465 e. The van der Waals surface area contributed by atoms with Crippen LogP contribution in [0.4, 0.5) is 27.9 Å². The Hall–Kier alpha value is -4.33. The molecule has 3 N–H and O–H groups in total. The molecule has 1 amide bonds. The molecule has 1 saturated carbocycles. The van der Waals surface area contributed by atoms with Gasteiger partial charge in [0.05, 0.1) is 34.2 Å². The molecule has 0 bridgehead atoms. The fourth-order valence-electron chi connectivity index (χ4n) is 4.60. The maximum absolute atomic E-state index is 11.6. The van der Waals surface area contributed by atoms with E-state index >= 15 is 0 Å². The quantitative estimate of drug-likeness (QED) is 0.378. The van der Waals surface area contributed by atoms with E-state index in [4.69, 9.17) is 11.6 Å². The fourth-order valence-corrected chi connectivity index (χ4v) is 4.88. The minimum absolute atomic E-state index is 0.0551. The van der Waals surface area contributed by atoms with E-state index in [2.05, 4.69) is 47.6 Å². The van der Waals surface area contributed by atoms with E-state index in [1.165, 1.54) is 15.6 Å². The minimum atomic E-state index is -0.955. The van der Waals surface area contributed by atoms with E-state index in [-0.39, 0.29) is 17.7 Å². The molecule has 2 aromatic heterocycles. The Balaban J connectivity index is 1.47. The first kappa shape index (κ1) is 26.3. The van der Waals surface area contributed by atoms with Gasteiger partial charge in [0.15, 0.2) is 17.2 Å². The molecular weight excluding hydrogens is 522 g/mol. The highest BCUT2D eigenvalue weighted by atomic mass is 35.5. The molecule has 0 radical (unpaired) electrons. The normalized spacial score (nSPS) is 17.5. The van der Waals surface area contributed by atoms with Gasteiger partial charge in [-0.1, -0.05) is 11.6 Å². The number of hydrogen-bond donors (Lipinski definition) is 3. The Morgan fingerprint density at radius 3 is 2.74 bits per heavy atom. The van der Waals surface area contributed by atoms with Crippen molar-refractivity contribution in [1.82, 2.24) is 29.4 Å². The molecule has 0 spiro atoms. The molecule has 39 heavy (non-hydrogen) atoms. The van der Waals surface area contributed by atoms with Gasteiger partial charge in [-0.25, -0.2) is 9.78 Å². The fraction of sp³-hybridized carbons (Fsp3) is 0.440. The topological polar surface area (TPSA) is 162 Å². The van der Waals surface area contributed by atoms with Crippen LogP contribution >= 0.6 is 11.6 Å². The highest BCUT2D eigenvalue weighted by Gasteiger charge is 2.29. The van der Waals surface area contributed by atoms with E-state index in [1.54, 1.807) is 12.1 Å². The third-order valence-electron chi connectivity index (χ3n) is 7.03. The lowest BCUT2D eigenvalue weighted by atomic mass is 10.1. The van der Waals surface area contributed by atoms with Gasteiger partial charge >= 0.3 is 6.09 Å². The number of carbonyl (C=O) groups is 1. The number of aromatic nitrogens is 4. The number of piperazine rings is 1. The molecule has 3 heterocycles. The number of nitrogens with one attached hydrogen (secondary N) is 2. The zero-order chi connectivity index (χ0) is 27.7. The van der Waals surface area contributed by atoms with Gasteiger partial charge in [-0.15, -0.1) is 5.10 Å². The lowest BCUT2D eigenvalue weighted by Crippen LogP contribution is -2.56. The number of halogens is 1. The van der Waals surface area contributed by atoms with Gasteiger partial charge in [0.25, 0.3) is 0 Å². The number of imidazole rings is 1. The maximum atomic E-state index is 11.6. The molecule has 202 valence electrons. The molecule has 1 aliphatic heterocycles. The van der Waals surface area contributed by atoms with Crippen LogP contribution in [0, 0.1) is 22.7 Å². The van der Waals surface area contributed by atoms with E-state index in [0.29, 0.717) is 72.2 Å². The predicted molar refractivity (Wildman–Crippen MR) is 145 cm³/mol. The van der Waals surface area contributed by atoms with Crippen molar-refractivity contribution in [1.29, 1.82) is 10.5 Å². The second-order valence-electron chi connectivity index (χ2n) is 9.69. The lowest BCUT2D eigenvalue weighted by Gasteiger charge is -2.42. The van der Waals surface area contributed by atoms with Crippen LogP contribution < -0.4 is 15.5 Å². The van der Waals surface area contributed by atoms with Crippen molar-refractivity contribution < 1.29 is 9.90 Å².